The lowest BCUT2D eigenvalue weighted by Crippen LogP contribution is -2.52. The monoisotopic (exact) mass is 475 g/mol. The van der Waals surface area contributed by atoms with Crippen molar-refractivity contribution in [1.82, 2.24) is 14.7 Å². The van der Waals surface area contributed by atoms with Crippen molar-refractivity contribution in [3.8, 4) is 0 Å². The maximum atomic E-state index is 13.2. The second-order valence-electron chi connectivity index (χ2n) is 9.82. The molecule has 0 aliphatic carbocycles. The van der Waals surface area contributed by atoms with E-state index in [0.717, 1.165) is 19.3 Å². The minimum absolute atomic E-state index is 0.0334. The standard InChI is InChI=1S/C28H33N3O4/c32-26(22-9-5-2-6-10-22)29-15-11-23(12-16-29)27(33)30-17-13-24(14-18-30)31-25(20-35-28(31)34)19-21-7-3-1-4-8-21/h1-10,23-25H,11-20H2/t25-/m1/s1. The maximum absolute atomic E-state index is 13.2. The van der Waals surface area contributed by atoms with E-state index in [0.29, 0.717) is 51.2 Å². The number of likely N-dealkylation sites (tertiary alicyclic amines) is 2. The van der Waals surface area contributed by atoms with Gasteiger partial charge in [0.15, 0.2) is 0 Å². The Morgan fingerprint density at radius 3 is 2.06 bits per heavy atom. The van der Waals surface area contributed by atoms with Crippen LogP contribution in [0.5, 0.6) is 0 Å². The largest absolute Gasteiger partial charge is 0.447 e. The maximum Gasteiger partial charge on any atom is 0.410 e. The van der Waals surface area contributed by atoms with Crippen LogP contribution in [0.15, 0.2) is 60.7 Å². The Kier molecular flexibility index (Phi) is 7.02. The first-order valence-electron chi connectivity index (χ1n) is 12.7. The number of amides is 3. The first-order valence-corrected chi connectivity index (χ1v) is 12.7. The SMILES string of the molecule is O=C(c1ccccc1)N1CCC(C(=O)N2CCC(N3C(=O)OC[C@H]3Cc3ccccc3)CC2)CC1. The van der Waals surface area contributed by atoms with Crippen LogP contribution in [-0.4, -0.2) is 77.5 Å². The number of piperidine rings is 2. The highest BCUT2D eigenvalue weighted by molar-refractivity contribution is 5.94. The van der Waals surface area contributed by atoms with Crippen molar-refractivity contribution in [3.63, 3.8) is 0 Å². The average molecular weight is 476 g/mol. The number of nitrogens with zero attached hydrogens (tertiary/aromatic N) is 3. The van der Waals surface area contributed by atoms with Gasteiger partial charge in [-0.15, -0.1) is 0 Å². The number of carbonyl (C=O) groups is 3. The van der Waals surface area contributed by atoms with Gasteiger partial charge in [-0.1, -0.05) is 48.5 Å². The van der Waals surface area contributed by atoms with Crippen molar-refractivity contribution in [2.45, 2.75) is 44.2 Å². The van der Waals surface area contributed by atoms with Gasteiger partial charge in [0.1, 0.15) is 6.61 Å². The zero-order chi connectivity index (χ0) is 24.2. The second kappa shape index (κ2) is 10.5. The lowest BCUT2D eigenvalue weighted by molar-refractivity contribution is -0.138. The normalized spacial score (nSPS) is 21.8. The zero-order valence-corrected chi connectivity index (χ0v) is 20.1. The third-order valence-corrected chi connectivity index (χ3v) is 7.64. The van der Waals surface area contributed by atoms with Crippen molar-refractivity contribution in [2.75, 3.05) is 32.8 Å². The molecule has 1 atom stereocenters. The number of hydrogen-bond donors (Lipinski definition) is 0. The van der Waals surface area contributed by atoms with Crippen LogP contribution >= 0.6 is 0 Å². The summed E-state index contributed by atoms with van der Waals surface area (Å²) in [4.78, 5) is 44.2. The van der Waals surface area contributed by atoms with E-state index in [2.05, 4.69) is 12.1 Å². The summed E-state index contributed by atoms with van der Waals surface area (Å²) < 4.78 is 5.41. The summed E-state index contributed by atoms with van der Waals surface area (Å²) in [6.45, 7) is 2.97. The minimum atomic E-state index is -0.230. The molecule has 3 aliphatic heterocycles. The summed E-state index contributed by atoms with van der Waals surface area (Å²) in [7, 11) is 0. The molecule has 5 rings (SSSR count). The second-order valence-corrected chi connectivity index (χ2v) is 9.82. The zero-order valence-electron chi connectivity index (χ0n) is 20.1. The summed E-state index contributed by atoms with van der Waals surface area (Å²) in [5.74, 6) is 0.203. The van der Waals surface area contributed by atoms with Gasteiger partial charge < -0.3 is 14.5 Å². The molecule has 2 aromatic carbocycles. The highest BCUT2D eigenvalue weighted by Gasteiger charge is 2.40. The molecular weight excluding hydrogens is 442 g/mol. The van der Waals surface area contributed by atoms with Crippen LogP contribution < -0.4 is 0 Å². The van der Waals surface area contributed by atoms with E-state index in [-0.39, 0.29) is 35.9 Å². The quantitative estimate of drug-likeness (QED) is 0.663. The summed E-state index contributed by atoms with van der Waals surface area (Å²) in [5.41, 5.74) is 1.90. The Bertz CT molecular complexity index is 1030. The van der Waals surface area contributed by atoms with Crippen molar-refractivity contribution in [2.24, 2.45) is 5.92 Å². The Balaban J connectivity index is 1.12. The molecule has 0 N–H and O–H groups in total. The Morgan fingerprint density at radius 2 is 1.40 bits per heavy atom. The molecule has 3 saturated heterocycles. The fourth-order valence-electron chi connectivity index (χ4n) is 5.68. The lowest BCUT2D eigenvalue weighted by atomic mass is 9.93. The molecule has 0 unspecified atom stereocenters. The number of hydrogen-bond acceptors (Lipinski definition) is 4. The molecule has 3 fully saturated rings. The van der Waals surface area contributed by atoms with Gasteiger partial charge in [0.2, 0.25) is 5.91 Å². The molecule has 0 saturated carbocycles. The Hall–Kier alpha value is -3.35. The van der Waals surface area contributed by atoms with Gasteiger partial charge in [-0.05, 0) is 49.8 Å². The number of ether oxygens (including phenoxy) is 1. The van der Waals surface area contributed by atoms with Crippen molar-refractivity contribution >= 4 is 17.9 Å². The molecule has 3 aliphatic rings. The highest BCUT2D eigenvalue weighted by Crippen LogP contribution is 2.28. The van der Waals surface area contributed by atoms with Crippen LogP contribution in [0.25, 0.3) is 0 Å². The predicted molar refractivity (Wildman–Crippen MR) is 132 cm³/mol. The van der Waals surface area contributed by atoms with E-state index in [1.165, 1.54) is 5.56 Å². The van der Waals surface area contributed by atoms with E-state index in [1.807, 2.05) is 63.2 Å². The van der Waals surface area contributed by atoms with Gasteiger partial charge in [0, 0.05) is 43.7 Å². The van der Waals surface area contributed by atoms with Crippen LogP contribution in [0.3, 0.4) is 0 Å². The predicted octanol–water partition coefficient (Wildman–Crippen LogP) is 3.59. The molecular formula is C28H33N3O4. The third-order valence-electron chi connectivity index (χ3n) is 7.64. The van der Waals surface area contributed by atoms with Gasteiger partial charge in [-0.25, -0.2) is 4.79 Å². The molecule has 3 heterocycles. The highest BCUT2D eigenvalue weighted by atomic mass is 16.6. The van der Waals surface area contributed by atoms with Gasteiger partial charge >= 0.3 is 6.09 Å². The summed E-state index contributed by atoms with van der Waals surface area (Å²) in [6, 6.07) is 19.7. The lowest BCUT2D eigenvalue weighted by Gasteiger charge is -2.40. The summed E-state index contributed by atoms with van der Waals surface area (Å²) in [5, 5.41) is 0. The van der Waals surface area contributed by atoms with Gasteiger partial charge in [-0.3, -0.25) is 14.5 Å². The Morgan fingerprint density at radius 1 is 0.800 bits per heavy atom. The van der Waals surface area contributed by atoms with Crippen LogP contribution in [0, 0.1) is 5.92 Å². The van der Waals surface area contributed by atoms with E-state index < -0.39 is 0 Å². The summed E-state index contributed by atoms with van der Waals surface area (Å²) in [6.07, 6.45) is 3.51. The van der Waals surface area contributed by atoms with Crippen LogP contribution in [-0.2, 0) is 16.0 Å². The number of rotatable bonds is 5. The van der Waals surface area contributed by atoms with Gasteiger partial charge in [-0.2, -0.15) is 0 Å². The topological polar surface area (TPSA) is 70.2 Å². The molecule has 7 nitrogen and oxygen atoms in total. The molecule has 0 spiro atoms. The molecule has 7 heteroatoms. The third kappa shape index (κ3) is 5.19. The van der Waals surface area contributed by atoms with E-state index >= 15 is 0 Å². The first kappa shape index (κ1) is 23.4. The van der Waals surface area contributed by atoms with Crippen molar-refractivity contribution in [1.29, 1.82) is 0 Å². The molecule has 35 heavy (non-hydrogen) atoms. The molecule has 0 aromatic heterocycles. The number of benzene rings is 2. The van der Waals surface area contributed by atoms with E-state index in [1.54, 1.807) is 0 Å². The first-order chi connectivity index (χ1) is 17.1. The van der Waals surface area contributed by atoms with E-state index in [4.69, 9.17) is 4.74 Å². The minimum Gasteiger partial charge on any atom is -0.447 e. The molecule has 0 bridgehead atoms. The average Bonchev–Trinajstić information content (AvgIpc) is 3.28. The van der Waals surface area contributed by atoms with Gasteiger partial charge in [0.05, 0.1) is 6.04 Å². The summed E-state index contributed by atoms with van der Waals surface area (Å²) >= 11 is 0. The van der Waals surface area contributed by atoms with Crippen LogP contribution in [0.2, 0.25) is 0 Å². The van der Waals surface area contributed by atoms with Gasteiger partial charge in [0.25, 0.3) is 5.91 Å². The molecule has 0 radical (unpaired) electrons. The smallest absolute Gasteiger partial charge is 0.410 e. The molecule has 184 valence electrons. The molecule has 3 amide bonds. The van der Waals surface area contributed by atoms with Crippen LogP contribution in [0.4, 0.5) is 4.79 Å². The molecule has 2 aromatic rings. The van der Waals surface area contributed by atoms with Crippen molar-refractivity contribution in [3.05, 3.63) is 71.8 Å². The Labute approximate surface area is 206 Å². The van der Waals surface area contributed by atoms with E-state index in [9.17, 15) is 14.4 Å². The van der Waals surface area contributed by atoms with Crippen molar-refractivity contribution < 1.29 is 19.1 Å². The number of cyclic esters (lactones) is 1. The number of carbonyl (C=O) groups excluding carboxylic acids is 3. The van der Waals surface area contributed by atoms with Crippen LogP contribution in [0.1, 0.15) is 41.6 Å². The fourth-order valence-corrected chi connectivity index (χ4v) is 5.68. The fraction of sp³-hybridized carbons (Fsp3) is 0.464.